The molecule has 2 N–H and O–H groups in total. The molecule has 1 aromatic rings. The lowest BCUT2D eigenvalue weighted by molar-refractivity contribution is 0.0717. The maximum Gasteiger partial charge on any atom is 0.251 e. The van der Waals surface area contributed by atoms with Crippen LogP contribution in [0.15, 0.2) is 24.3 Å². The molecule has 1 aromatic carbocycles. The Morgan fingerprint density at radius 3 is 2.80 bits per heavy atom. The first-order valence-corrected chi connectivity index (χ1v) is 7.32. The van der Waals surface area contributed by atoms with Crippen LogP contribution in [-0.4, -0.2) is 29.3 Å². The van der Waals surface area contributed by atoms with Gasteiger partial charge in [0.25, 0.3) is 5.91 Å². The van der Waals surface area contributed by atoms with Crippen LogP contribution in [0.2, 0.25) is 0 Å². The number of aliphatic hydroxyl groups excluding tert-OH is 1. The quantitative estimate of drug-likeness (QED) is 0.889. The largest absolute Gasteiger partial charge is 0.491 e. The summed E-state index contributed by atoms with van der Waals surface area (Å²) in [6.07, 6.45) is 3.34. The van der Waals surface area contributed by atoms with Gasteiger partial charge in [0, 0.05) is 5.56 Å². The minimum absolute atomic E-state index is 0.0773. The van der Waals surface area contributed by atoms with Gasteiger partial charge in [-0.15, -0.1) is 0 Å². The molecule has 1 amide bonds. The molecule has 1 saturated carbocycles. The van der Waals surface area contributed by atoms with Gasteiger partial charge >= 0.3 is 0 Å². The Morgan fingerprint density at radius 1 is 1.35 bits per heavy atom. The molecule has 1 fully saturated rings. The molecule has 110 valence electrons. The second-order valence-corrected chi connectivity index (χ2v) is 5.63. The molecular formula is C16H23NO3. The molecule has 2 unspecified atom stereocenters. The van der Waals surface area contributed by atoms with Gasteiger partial charge in [-0.2, -0.15) is 0 Å². The van der Waals surface area contributed by atoms with E-state index in [0.717, 1.165) is 25.7 Å². The van der Waals surface area contributed by atoms with E-state index in [0.29, 0.717) is 11.3 Å². The first kappa shape index (κ1) is 14.9. The smallest absolute Gasteiger partial charge is 0.251 e. The maximum atomic E-state index is 12.2. The molecule has 0 heterocycles. The number of carbonyl (C=O) groups excluding carboxylic acids is 1. The average Bonchev–Trinajstić information content (AvgIpc) is 2.41. The van der Waals surface area contributed by atoms with E-state index in [4.69, 9.17) is 4.74 Å². The first-order valence-electron chi connectivity index (χ1n) is 7.32. The zero-order chi connectivity index (χ0) is 14.5. The fourth-order valence-electron chi connectivity index (χ4n) is 2.51. The van der Waals surface area contributed by atoms with Crippen molar-refractivity contribution in [3.05, 3.63) is 29.8 Å². The molecule has 2 atom stereocenters. The number of hydrogen-bond donors (Lipinski definition) is 2. The van der Waals surface area contributed by atoms with E-state index in [1.165, 1.54) is 0 Å². The number of amides is 1. The molecule has 20 heavy (non-hydrogen) atoms. The van der Waals surface area contributed by atoms with E-state index < -0.39 is 6.10 Å². The van der Waals surface area contributed by atoms with Gasteiger partial charge < -0.3 is 15.2 Å². The third kappa shape index (κ3) is 3.97. The summed E-state index contributed by atoms with van der Waals surface area (Å²) in [7, 11) is 0. The summed E-state index contributed by atoms with van der Waals surface area (Å²) < 4.78 is 5.59. The van der Waals surface area contributed by atoms with E-state index >= 15 is 0 Å². The van der Waals surface area contributed by atoms with Crippen LogP contribution in [0, 0.1) is 0 Å². The Labute approximate surface area is 120 Å². The molecule has 4 heteroatoms. The second kappa shape index (κ2) is 6.75. The highest BCUT2D eigenvalue weighted by atomic mass is 16.5. The van der Waals surface area contributed by atoms with Gasteiger partial charge in [-0.1, -0.05) is 18.9 Å². The first-order chi connectivity index (χ1) is 9.56. The summed E-state index contributed by atoms with van der Waals surface area (Å²) in [5.41, 5.74) is 0.570. The van der Waals surface area contributed by atoms with Crippen molar-refractivity contribution in [3.8, 4) is 5.75 Å². The Hall–Kier alpha value is -1.55. The van der Waals surface area contributed by atoms with Crippen molar-refractivity contribution < 1.29 is 14.6 Å². The minimum atomic E-state index is -0.428. The lowest BCUT2D eigenvalue weighted by Crippen LogP contribution is -2.45. The Kier molecular flexibility index (Phi) is 5.01. The van der Waals surface area contributed by atoms with E-state index in [-0.39, 0.29) is 18.1 Å². The molecule has 0 bridgehead atoms. The molecule has 1 aliphatic rings. The molecule has 4 nitrogen and oxygen atoms in total. The Balaban J connectivity index is 2.01. The van der Waals surface area contributed by atoms with Crippen molar-refractivity contribution in [2.45, 2.75) is 57.8 Å². The van der Waals surface area contributed by atoms with E-state index in [2.05, 4.69) is 5.32 Å². The SMILES string of the molecule is CC(C)Oc1cccc(C(=O)NC2CCCCC2O)c1. The zero-order valence-electron chi connectivity index (χ0n) is 12.1. The van der Waals surface area contributed by atoms with E-state index in [1.54, 1.807) is 12.1 Å². The number of hydrogen-bond acceptors (Lipinski definition) is 3. The van der Waals surface area contributed by atoms with E-state index in [1.807, 2.05) is 26.0 Å². The van der Waals surface area contributed by atoms with Crippen LogP contribution in [0.1, 0.15) is 49.9 Å². The number of aliphatic hydroxyl groups is 1. The molecular weight excluding hydrogens is 254 g/mol. The number of benzene rings is 1. The van der Waals surface area contributed by atoms with E-state index in [9.17, 15) is 9.90 Å². The van der Waals surface area contributed by atoms with Crippen molar-refractivity contribution in [1.29, 1.82) is 0 Å². The van der Waals surface area contributed by atoms with Crippen molar-refractivity contribution >= 4 is 5.91 Å². The van der Waals surface area contributed by atoms with Crippen LogP contribution in [0.3, 0.4) is 0 Å². The van der Waals surface area contributed by atoms with Gasteiger partial charge in [0.2, 0.25) is 0 Å². The topological polar surface area (TPSA) is 58.6 Å². The fraction of sp³-hybridized carbons (Fsp3) is 0.562. The average molecular weight is 277 g/mol. The predicted molar refractivity (Wildman–Crippen MR) is 77.9 cm³/mol. The highest BCUT2D eigenvalue weighted by molar-refractivity contribution is 5.94. The maximum absolute atomic E-state index is 12.2. The summed E-state index contributed by atoms with van der Waals surface area (Å²) in [5.74, 6) is 0.544. The third-order valence-electron chi connectivity index (χ3n) is 3.51. The number of rotatable bonds is 4. The van der Waals surface area contributed by atoms with Gasteiger partial charge in [-0.3, -0.25) is 4.79 Å². The lowest BCUT2D eigenvalue weighted by Gasteiger charge is -2.28. The molecule has 0 spiro atoms. The van der Waals surface area contributed by atoms with Gasteiger partial charge in [0.15, 0.2) is 0 Å². The van der Waals surface area contributed by atoms with Crippen LogP contribution < -0.4 is 10.1 Å². The highest BCUT2D eigenvalue weighted by Gasteiger charge is 2.24. The molecule has 2 rings (SSSR count). The summed E-state index contributed by atoms with van der Waals surface area (Å²) in [4.78, 5) is 12.2. The Morgan fingerprint density at radius 2 is 2.10 bits per heavy atom. The summed E-state index contributed by atoms with van der Waals surface area (Å²) in [6, 6.07) is 7.02. The van der Waals surface area contributed by atoms with Gasteiger partial charge in [0.05, 0.1) is 18.2 Å². The highest BCUT2D eigenvalue weighted by Crippen LogP contribution is 2.20. The molecule has 0 aromatic heterocycles. The van der Waals surface area contributed by atoms with Crippen LogP contribution in [0.25, 0.3) is 0 Å². The molecule has 0 aliphatic heterocycles. The standard InChI is InChI=1S/C16H23NO3/c1-11(2)20-13-7-5-6-12(10-13)16(19)17-14-8-3-4-9-15(14)18/h5-7,10-11,14-15,18H,3-4,8-9H2,1-2H3,(H,17,19). The van der Waals surface area contributed by atoms with Gasteiger partial charge in [-0.25, -0.2) is 0 Å². The summed E-state index contributed by atoms with van der Waals surface area (Å²) >= 11 is 0. The zero-order valence-corrected chi connectivity index (χ0v) is 12.1. The normalized spacial score (nSPS) is 22.6. The van der Waals surface area contributed by atoms with Crippen molar-refractivity contribution in [2.75, 3.05) is 0 Å². The number of nitrogens with one attached hydrogen (secondary N) is 1. The third-order valence-corrected chi connectivity index (χ3v) is 3.51. The van der Waals surface area contributed by atoms with Crippen molar-refractivity contribution in [2.24, 2.45) is 0 Å². The molecule has 0 saturated heterocycles. The van der Waals surface area contributed by atoms with Crippen LogP contribution in [-0.2, 0) is 0 Å². The van der Waals surface area contributed by atoms with Crippen LogP contribution >= 0.6 is 0 Å². The second-order valence-electron chi connectivity index (χ2n) is 5.63. The summed E-state index contributed by atoms with van der Waals surface area (Å²) in [5, 5.41) is 12.8. The monoisotopic (exact) mass is 277 g/mol. The van der Waals surface area contributed by atoms with Crippen LogP contribution in [0.4, 0.5) is 0 Å². The van der Waals surface area contributed by atoms with Crippen molar-refractivity contribution in [1.82, 2.24) is 5.32 Å². The number of ether oxygens (including phenoxy) is 1. The summed E-state index contributed by atoms with van der Waals surface area (Å²) in [6.45, 7) is 3.90. The minimum Gasteiger partial charge on any atom is -0.491 e. The number of carbonyl (C=O) groups is 1. The van der Waals surface area contributed by atoms with Crippen molar-refractivity contribution in [3.63, 3.8) is 0 Å². The molecule has 0 radical (unpaired) electrons. The van der Waals surface area contributed by atoms with Crippen LogP contribution in [0.5, 0.6) is 5.75 Å². The van der Waals surface area contributed by atoms with Gasteiger partial charge in [-0.05, 0) is 44.9 Å². The molecule has 1 aliphatic carbocycles. The fourth-order valence-corrected chi connectivity index (χ4v) is 2.51. The lowest BCUT2D eigenvalue weighted by atomic mass is 9.92. The Bertz CT molecular complexity index is 459. The van der Waals surface area contributed by atoms with Gasteiger partial charge in [0.1, 0.15) is 5.75 Å². The predicted octanol–water partition coefficient (Wildman–Crippen LogP) is 2.51.